The molecule has 2 N–H and O–H groups in total. The first-order valence-corrected chi connectivity index (χ1v) is 5.56. The molecule has 1 aliphatic heterocycles. The molecule has 0 spiro atoms. The normalized spacial score (nSPS) is 19.2. The standard InChI is InChI=1S/C11H22N2O3/c1-11(2,3)16-10(14)13-5-8(6-13)9(12)7-15-4/h8-9H,5-7,12H2,1-4H3. The molecular formula is C11H22N2O3. The van der Waals surface area contributed by atoms with Crippen LogP contribution in [0.4, 0.5) is 4.79 Å². The van der Waals surface area contributed by atoms with Crippen LogP contribution in [0.2, 0.25) is 0 Å². The fourth-order valence-electron chi connectivity index (χ4n) is 1.59. The monoisotopic (exact) mass is 230 g/mol. The zero-order valence-corrected chi connectivity index (χ0v) is 10.5. The van der Waals surface area contributed by atoms with Gasteiger partial charge in [-0.25, -0.2) is 4.79 Å². The third-order valence-electron chi connectivity index (χ3n) is 2.53. The molecule has 1 aliphatic rings. The van der Waals surface area contributed by atoms with Crippen LogP contribution in [0, 0.1) is 5.92 Å². The fraction of sp³-hybridized carbons (Fsp3) is 0.909. The lowest BCUT2D eigenvalue weighted by atomic mass is 9.93. The Bertz CT molecular complexity index is 244. The van der Waals surface area contributed by atoms with Gasteiger partial charge < -0.3 is 20.1 Å². The van der Waals surface area contributed by atoms with Crippen molar-refractivity contribution in [1.29, 1.82) is 0 Å². The van der Waals surface area contributed by atoms with Gasteiger partial charge in [0.05, 0.1) is 6.61 Å². The van der Waals surface area contributed by atoms with Gasteiger partial charge in [0.15, 0.2) is 0 Å². The predicted molar refractivity (Wildman–Crippen MR) is 61.1 cm³/mol. The third kappa shape index (κ3) is 3.64. The number of rotatable bonds is 3. The van der Waals surface area contributed by atoms with Gasteiger partial charge in [0.1, 0.15) is 5.60 Å². The van der Waals surface area contributed by atoms with Gasteiger partial charge in [-0.3, -0.25) is 0 Å². The molecule has 94 valence electrons. The number of methoxy groups -OCH3 is 1. The lowest BCUT2D eigenvalue weighted by Gasteiger charge is -2.42. The van der Waals surface area contributed by atoms with E-state index in [0.29, 0.717) is 25.6 Å². The van der Waals surface area contributed by atoms with Gasteiger partial charge in [-0.2, -0.15) is 0 Å². The second kappa shape index (κ2) is 5.01. The molecule has 1 fully saturated rings. The van der Waals surface area contributed by atoms with Gasteiger partial charge in [-0.1, -0.05) is 0 Å². The maximum Gasteiger partial charge on any atom is 0.410 e. The Balaban J connectivity index is 2.28. The zero-order chi connectivity index (χ0) is 12.3. The van der Waals surface area contributed by atoms with Crippen LogP contribution in [0.5, 0.6) is 0 Å². The van der Waals surface area contributed by atoms with E-state index in [4.69, 9.17) is 15.2 Å². The van der Waals surface area contributed by atoms with E-state index in [1.165, 1.54) is 0 Å². The molecule has 0 radical (unpaired) electrons. The van der Waals surface area contributed by atoms with Gasteiger partial charge in [0, 0.05) is 32.2 Å². The smallest absolute Gasteiger partial charge is 0.410 e. The molecular weight excluding hydrogens is 208 g/mol. The zero-order valence-electron chi connectivity index (χ0n) is 10.5. The minimum Gasteiger partial charge on any atom is -0.444 e. The van der Waals surface area contributed by atoms with Crippen molar-refractivity contribution in [3.05, 3.63) is 0 Å². The van der Waals surface area contributed by atoms with Crippen LogP contribution in [0.15, 0.2) is 0 Å². The van der Waals surface area contributed by atoms with Gasteiger partial charge >= 0.3 is 6.09 Å². The first kappa shape index (κ1) is 13.3. The molecule has 0 bridgehead atoms. The van der Waals surface area contributed by atoms with Crippen LogP contribution in [0.1, 0.15) is 20.8 Å². The lowest BCUT2D eigenvalue weighted by Crippen LogP contribution is -2.58. The van der Waals surface area contributed by atoms with Crippen molar-refractivity contribution in [2.24, 2.45) is 11.7 Å². The summed E-state index contributed by atoms with van der Waals surface area (Å²) in [6.45, 7) is 7.45. The quantitative estimate of drug-likeness (QED) is 0.780. The predicted octanol–water partition coefficient (Wildman–Crippen LogP) is 0.827. The van der Waals surface area contributed by atoms with Crippen molar-refractivity contribution in [1.82, 2.24) is 4.90 Å². The van der Waals surface area contributed by atoms with Crippen LogP contribution in [-0.4, -0.2) is 49.4 Å². The Morgan fingerprint density at radius 2 is 2.06 bits per heavy atom. The Morgan fingerprint density at radius 1 is 1.50 bits per heavy atom. The molecule has 0 aliphatic carbocycles. The Morgan fingerprint density at radius 3 is 2.50 bits per heavy atom. The van der Waals surface area contributed by atoms with E-state index in [0.717, 1.165) is 0 Å². The number of ether oxygens (including phenoxy) is 2. The van der Waals surface area contributed by atoms with Gasteiger partial charge in [0.2, 0.25) is 0 Å². The molecule has 5 heteroatoms. The van der Waals surface area contributed by atoms with Crippen LogP contribution >= 0.6 is 0 Å². The number of hydrogen-bond donors (Lipinski definition) is 1. The van der Waals surface area contributed by atoms with Crippen LogP contribution in [0.25, 0.3) is 0 Å². The number of likely N-dealkylation sites (tertiary alicyclic amines) is 1. The maximum atomic E-state index is 11.6. The summed E-state index contributed by atoms with van der Waals surface area (Å²) in [5.41, 5.74) is 5.44. The molecule has 1 atom stereocenters. The van der Waals surface area contributed by atoms with Crippen LogP contribution in [0.3, 0.4) is 0 Å². The molecule has 1 rings (SSSR count). The van der Waals surface area contributed by atoms with Gasteiger partial charge in [-0.05, 0) is 20.8 Å². The van der Waals surface area contributed by atoms with Crippen molar-refractivity contribution in [3.8, 4) is 0 Å². The van der Waals surface area contributed by atoms with E-state index in [2.05, 4.69) is 0 Å². The number of hydrogen-bond acceptors (Lipinski definition) is 4. The molecule has 1 unspecified atom stereocenters. The summed E-state index contributed by atoms with van der Waals surface area (Å²) in [4.78, 5) is 13.3. The second-order valence-corrected chi connectivity index (χ2v) is 5.26. The van der Waals surface area contributed by atoms with Crippen molar-refractivity contribution in [3.63, 3.8) is 0 Å². The highest BCUT2D eigenvalue weighted by molar-refractivity contribution is 5.69. The van der Waals surface area contributed by atoms with Gasteiger partial charge in [-0.15, -0.1) is 0 Å². The van der Waals surface area contributed by atoms with E-state index in [-0.39, 0.29) is 12.1 Å². The minimum absolute atomic E-state index is 0.00341. The number of carbonyl (C=O) groups excluding carboxylic acids is 1. The minimum atomic E-state index is -0.434. The van der Waals surface area contributed by atoms with E-state index in [1.54, 1.807) is 12.0 Å². The average Bonchev–Trinajstić information content (AvgIpc) is 1.97. The highest BCUT2D eigenvalue weighted by atomic mass is 16.6. The first-order chi connectivity index (χ1) is 7.33. The summed E-state index contributed by atoms with van der Waals surface area (Å²) in [7, 11) is 1.63. The molecule has 1 saturated heterocycles. The van der Waals surface area contributed by atoms with E-state index in [1.807, 2.05) is 20.8 Å². The van der Waals surface area contributed by atoms with Gasteiger partial charge in [0.25, 0.3) is 0 Å². The summed E-state index contributed by atoms with van der Waals surface area (Å²) >= 11 is 0. The molecule has 1 amide bonds. The Hall–Kier alpha value is -0.810. The molecule has 16 heavy (non-hydrogen) atoms. The molecule has 0 aromatic carbocycles. The molecule has 0 aromatic heterocycles. The van der Waals surface area contributed by atoms with Crippen LogP contribution < -0.4 is 5.73 Å². The second-order valence-electron chi connectivity index (χ2n) is 5.26. The molecule has 1 heterocycles. The highest BCUT2D eigenvalue weighted by Gasteiger charge is 2.36. The topological polar surface area (TPSA) is 64.8 Å². The number of carbonyl (C=O) groups is 1. The van der Waals surface area contributed by atoms with Crippen molar-refractivity contribution >= 4 is 6.09 Å². The lowest BCUT2D eigenvalue weighted by molar-refractivity contribution is -0.00934. The first-order valence-electron chi connectivity index (χ1n) is 5.56. The van der Waals surface area contributed by atoms with Crippen LogP contribution in [-0.2, 0) is 9.47 Å². The molecule has 0 aromatic rings. The third-order valence-corrected chi connectivity index (χ3v) is 2.53. The summed E-state index contributed by atoms with van der Waals surface area (Å²) in [6, 6.07) is 0.00341. The van der Waals surface area contributed by atoms with E-state index >= 15 is 0 Å². The van der Waals surface area contributed by atoms with E-state index in [9.17, 15) is 4.79 Å². The highest BCUT2D eigenvalue weighted by Crippen LogP contribution is 2.21. The fourth-order valence-corrected chi connectivity index (χ4v) is 1.59. The number of amides is 1. The summed E-state index contributed by atoms with van der Waals surface area (Å²) in [5, 5.41) is 0. The Labute approximate surface area is 96.9 Å². The average molecular weight is 230 g/mol. The van der Waals surface area contributed by atoms with Crippen molar-refractivity contribution in [2.75, 3.05) is 26.8 Å². The van der Waals surface area contributed by atoms with Crippen molar-refractivity contribution in [2.45, 2.75) is 32.4 Å². The molecule has 5 nitrogen and oxygen atoms in total. The SMILES string of the molecule is COCC(N)C1CN(C(=O)OC(C)(C)C)C1. The Kier molecular flexibility index (Phi) is 4.15. The number of nitrogens with zero attached hydrogens (tertiary/aromatic N) is 1. The summed E-state index contributed by atoms with van der Waals surface area (Å²) in [5.74, 6) is 0.326. The maximum absolute atomic E-state index is 11.6. The largest absolute Gasteiger partial charge is 0.444 e. The summed E-state index contributed by atoms with van der Waals surface area (Å²) < 4.78 is 10.2. The summed E-state index contributed by atoms with van der Waals surface area (Å²) in [6.07, 6.45) is -0.256. The van der Waals surface area contributed by atoms with E-state index < -0.39 is 5.60 Å². The van der Waals surface area contributed by atoms with Crippen molar-refractivity contribution < 1.29 is 14.3 Å². The number of nitrogens with two attached hydrogens (primary N) is 1. The molecule has 0 saturated carbocycles.